The molecule has 5 nitrogen and oxygen atoms in total. The van der Waals surface area contributed by atoms with Gasteiger partial charge in [-0.3, -0.25) is 15.0 Å². The Morgan fingerprint density at radius 1 is 0.806 bits per heavy atom. The SMILES string of the molecule is N=C(NC(=O)C(NC(=O)C(Br)c1ccc(Cl)cc1)c1cccc(Cl)c1)c1ccccc1. The zero-order valence-electron chi connectivity index (χ0n) is 16.1. The highest BCUT2D eigenvalue weighted by Crippen LogP contribution is 2.26. The minimum Gasteiger partial charge on any atom is -0.339 e. The van der Waals surface area contributed by atoms with Crippen molar-refractivity contribution < 1.29 is 9.59 Å². The quantitative estimate of drug-likeness (QED) is 0.231. The van der Waals surface area contributed by atoms with E-state index in [4.69, 9.17) is 28.6 Å². The number of hydrogen-bond acceptors (Lipinski definition) is 3. The first kappa shape index (κ1) is 23.0. The first-order chi connectivity index (χ1) is 14.8. The van der Waals surface area contributed by atoms with Crippen LogP contribution < -0.4 is 10.6 Å². The number of nitrogens with one attached hydrogen (secondary N) is 3. The molecule has 2 atom stereocenters. The van der Waals surface area contributed by atoms with Crippen LogP contribution in [0.25, 0.3) is 0 Å². The summed E-state index contributed by atoms with van der Waals surface area (Å²) in [6.07, 6.45) is 0. The van der Waals surface area contributed by atoms with Gasteiger partial charge in [-0.05, 0) is 35.4 Å². The van der Waals surface area contributed by atoms with Gasteiger partial charge in [-0.15, -0.1) is 0 Å². The Balaban J connectivity index is 1.82. The predicted molar refractivity (Wildman–Crippen MR) is 127 cm³/mol. The summed E-state index contributed by atoms with van der Waals surface area (Å²) in [6.45, 7) is 0. The van der Waals surface area contributed by atoms with Crippen LogP contribution in [0.1, 0.15) is 27.6 Å². The molecule has 0 heterocycles. The summed E-state index contributed by atoms with van der Waals surface area (Å²) in [4.78, 5) is 25.2. The van der Waals surface area contributed by atoms with Gasteiger partial charge in [0.2, 0.25) is 5.91 Å². The van der Waals surface area contributed by atoms with Crippen LogP contribution in [0, 0.1) is 5.41 Å². The van der Waals surface area contributed by atoms with Crippen molar-refractivity contribution in [1.82, 2.24) is 10.6 Å². The largest absolute Gasteiger partial charge is 0.339 e. The van der Waals surface area contributed by atoms with Crippen molar-refractivity contribution in [3.05, 3.63) is 106 Å². The lowest BCUT2D eigenvalue weighted by atomic mass is 10.0. The van der Waals surface area contributed by atoms with E-state index in [0.29, 0.717) is 26.7 Å². The molecule has 0 saturated heterocycles. The maximum absolute atomic E-state index is 13.0. The molecule has 8 heteroatoms. The van der Waals surface area contributed by atoms with Crippen molar-refractivity contribution in [2.75, 3.05) is 0 Å². The zero-order valence-corrected chi connectivity index (χ0v) is 19.2. The van der Waals surface area contributed by atoms with Gasteiger partial charge in [0.05, 0.1) is 0 Å². The maximum Gasteiger partial charge on any atom is 0.252 e. The third kappa shape index (κ3) is 6.17. The van der Waals surface area contributed by atoms with Crippen LogP contribution in [-0.4, -0.2) is 17.6 Å². The van der Waals surface area contributed by atoms with Gasteiger partial charge in [0.1, 0.15) is 16.7 Å². The van der Waals surface area contributed by atoms with Crippen molar-refractivity contribution in [2.45, 2.75) is 10.9 Å². The summed E-state index contributed by atoms with van der Waals surface area (Å²) in [6, 6.07) is 21.2. The van der Waals surface area contributed by atoms with E-state index in [1.807, 2.05) is 6.07 Å². The average molecular weight is 519 g/mol. The van der Waals surface area contributed by atoms with E-state index in [1.54, 1.807) is 72.8 Å². The van der Waals surface area contributed by atoms with Gasteiger partial charge < -0.3 is 10.6 Å². The van der Waals surface area contributed by atoms with Gasteiger partial charge in [0.25, 0.3) is 5.91 Å². The lowest BCUT2D eigenvalue weighted by Gasteiger charge is -2.21. The average Bonchev–Trinajstić information content (AvgIpc) is 2.77. The number of halogens is 3. The molecule has 0 aliphatic heterocycles. The normalized spacial score (nSPS) is 12.5. The number of amides is 2. The third-order valence-electron chi connectivity index (χ3n) is 4.43. The highest BCUT2D eigenvalue weighted by atomic mass is 79.9. The molecule has 3 aromatic rings. The smallest absolute Gasteiger partial charge is 0.252 e. The van der Waals surface area contributed by atoms with Crippen molar-refractivity contribution in [3.63, 3.8) is 0 Å². The molecule has 0 fully saturated rings. The molecule has 0 aromatic heterocycles. The van der Waals surface area contributed by atoms with Crippen LogP contribution in [-0.2, 0) is 9.59 Å². The molecule has 0 aliphatic rings. The van der Waals surface area contributed by atoms with E-state index in [2.05, 4.69) is 26.6 Å². The molecule has 3 N–H and O–H groups in total. The van der Waals surface area contributed by atoms with Gasteiger partial charge in [0.15, 0.2) is 0 Å². The van der Waals surface area contributed by atoms with Crippen LogP contribution in [0.5, 0.6) is 0 Å². The summed E-state index contributed by atoms with van der Waals surface area (Å²) in [7, 11) is 0. The molecule has 31 heavy (non-hydrogen) atoms. The van der Waals surface area contributed by atoms with Crippen LogP contribution in [0.3, 0.4) is 0 Å². The highest BCUT2D eigenvalue weighted by Gasteiger charge is 2.27. The number of benzene rings is 3. The van der Waals surface area contributed by atoms with Crippen molar-refractivity contribution in [1.29, 1.82) is 5.41 Å². The van der Waals surface area contributed by atoms with Crippen LogP contribution in [0.4, 0.5) is 0 Å². The van der Waals surface area contributed by atoms with E-state index in [1.165, 1.54) is 0 Å². The summed E-state index contributed by atoms with van der Waals surface area (Å²) in [5, 5.41) is 14.5. The highest BCUT2D eigenvalue weighted by molar-refractivity contribution is 9.09. The molecular weight excluding hydrogens is 501 g/mol. The van der Waals surface area contributed by atoms with E-state index < -0.39 is 22.7 Å². The van der Waals surface area contributed by atoms with Crippen molar-refractivity contribution in [2.24, 2.45) is 0 Å². The first-order valence-corrected chi connectivity index (χ1v) is 10.9. The molecule has 0 aliphatic carbocycles. The van der Waals surface area contributed by atoms with E-state index in [-0.39, 0.29) is 5.84 Å². The van der Waals surface area contributed by atoms with E-state index in [9.17, 15) is 9.59 Å². The van der Waals surface area contributed by atoms with E-state index >= 15 is 0 Å². The lowest BCUT2D eigenvalue weighted by Crippen LogP contribution is -2.43. The number of carbonyl (C=O) groups excluding carboxylic acids is 2. The summed E-state index contributed by atoms with van der Waals surface area (Å²) in [5.74, 6) is -1.05. The van der Waals surface area contributed by atoms with Gasteiger partial charge in [-0.1, -0.05) is 93.7 Å². The Labute approximate surface area is 198 Å². The van der Waals surface area contributed by atoms with E-state index in [0.717, 1.165) is 0 Å². The topological polar surface area (TPSA) is 82.1 Å². The molecule has 0 saturated carbocycles. The van der Waals surface area contributed by atoms with Gasteiger partial charge >= 0.3 is 0 Å². The van der Waals surface area contributed by atoms with Crippen molar-refractivity contribution >= 4 is 56.8 Å². The second-order valence-electron chi connectivity index (χ2n) is 6.64. The Morgan fingerprint density at radius 2 is 1.48 bits per heavy atom. The molecule has 2 unspecified atom stereocenters. The van der Waals surface area contributed by atoms with Gasteiger partial charge in [-0.25, -0.2) is 0 Å². The number of hydrogen-bond donors (Lipinski definition) is 3. The second-order valence-corrected chi connectivity index (χ2v) is 8.43. The summed E-state index contributed by atoms with van der Waals surface area (Å²) < 4.78 is 0. The van der Waals surface area contributed by atoms with Crippen LogP contribution in [0.2, 0.25) is 10.0 Å². The Bertz CT molecular complexity index is 1090. The Morgan fingerprint density at radius 3 is 2.13 bits per heavy atom. The second kappa shape index (κ2) is 10.6. The van der Waals surface area contributed by atoms with Crippen LogP contribution in [0.15, 0.2) is 78.9 Å². The molecular formula is C23H18BrCl2N3O2. The third-order valence-corrected chi connectivity index (χ3v) is 5.87. The fraction of sp³-hybridized carbons (Fsp3) is 0.0870. The molecule has 0 spiro atoms. The van der Waals surface area contributed by atoms with Crippen molar-refractivity contribution in [3.8, 4) is 0 Å². The maximum atomic E-state index is 13.0. The molecule has 0 radical (unpaired) electrons. The summed E-state index contributed by atoms with van der Waals surface area (Å²) in [5.41, 5.74) is 1.73. The van der Waals surface area contributed by atoms with Gasteiger partial charge in [0, 0.05) is 15.6 Å². The molecule has 3 rings (SSSR count). The fourth-order valence-electron chi connectivity index (χ4n) is 2.86. The standard InChI is InChI=1S/C23H18BrCl2N3O2/c24-19(14-9-11-17(25)12-10-14)22(30)28-20(16-7-4-8-18(26)13-16)23(31)29-21(27)15-5-2-1-3-6-15/h1-13,19-20H,(H,28,30)(H2,27,29,31). The van der Waals surface area contributed by atoms with Crippen LogP contribution >= 0.6 is 39.1 Å². The fourth-order valence-corrected chi connectivity index (χ4v) is 3.62. The molecule has 158 valence electrons. The minimum absolute atomic E-state index is 0.0695. The lowest BCUT2D eigenvalue weighted by molar-refractivity contribution is -0.128. The molecule has 0 bridgehead atoms. The predicted octanol–water partition coefficient (Wildman–Crippen LogP) is 5.43. The number of amidine groups is 1. The monoisotopic (exact) mass is 517 g/mol. The Kier molecular flexibility index (Phi) is 7.85. The zero-order chi connectivity index (χ0) is 22.4. The summed E-state index contributed by atoms with van der Waals surface area (Å²) >= 11 is 15.4. The molecule has 2 amide bonds. The first-order valence-electron chi connectivity index (χ1n) is 9.25. The Hall–Kier alpha value is -2.67. The number of alkyl halides is 1. The number of carbonyl (C=O) groups is 2. The number of rotatable bonds is 6. The van der Waals surface area contributed by atoms with Gasteiger partial charge in [-0.2, -0.15) is 0 Å². The minimum atomic E-state index is -1.05. The molecule has 3 aromatic carbocycles.